The van der Waals surface area contributed by atoms with E-state index in [-0.39, 0.29) is 0 Å². The van der Waals surface area contributed by atoms with Crippen LogP contribution in [-0.4, -0.2) is 15.4 Å². The average molecular weight is 226 g/mol. The fraction of sp³-hybridized carbons (Fsp3) is 0.800. The molecule has 2 rings (SSSR count). The van der Waals surface area contributed by atoms with Gasteiger partial charge in [0.25, 0.3) is 0 Å². The van der Waals surface area contributed by atoms with Gasteiger partial charge in [0.05, 0.1) is 0 Å². The molecule has 15 heavy (non-hydrogen) atoms. The minimum atomic E-state index is 0.380. The van der Waals surface area contributed by atoms with Crippen molar-refractivity contribution in [2.24, 2.45) is 5.92 Å². The molecule has 4 nitrogen and oxygen atoms in total. The predicted molar refractivity (Wildman–Crippen MR) is 64.0 cm³/mol. The lowest BCUT2D eigenvalue weighted by molar-refractivity contribution is 0.327. The van der Waals surface area contributed by atoms with Crippen molar-refractivity contribution in [1.29, 1.82) is 0 Å². The maximum atomic E-state index is 5.49. The van der Waals surface area contributed by atoms with Crippen LogP contribution < -0.4 is 11.1 Å². The number of aromatic nitrogens is 2. The molecular formula is C10H18N4S. The van der Waals surface area contributed by atoms with Gasteiger partial charge in [0.2, 0.25) is 11.1 Å². The SMILES string of the molecule is CCC1CCCC(Nc2nc(N)ns2)C1. The lowest BCUT2D eigenvalue weighted by Gasteiger charge is -2.28. The van der Waals surface area contributed by atoms with E-state index in [1.165, 1.54) is 43.6 Å². The molecule has 1 fully saturated rings. The molecule has 5 heteroatoms. The van der Waals surface area contributed by atoms with Crippen molar-refractivity contribution < 1.29 is 0 Å². The van der Waals surface area contributed by atoms with Gasteiger partial charge in [-0.25, -0.2) is 0 Å². The van der Waals surface area contributed by atoms with Gasteiger partial charge in [0, 0.05) is 17.6 Å². The van der Waals surface area contributed by atoms with E-state index < -0.39 is 0 Å². The molecule has 1 aliphatic rings. The van der Waals surface area contributed by atoms with Crippen molar-refractivity contribution >= 4 is 22.6 Å². The largest absolute Gasteiger partial charge is 0.367 e. The number of nitrogen functional groups attached to an aromatic ring is 1. The molecule has 0 aromatic carbocycles. The molecule has 0 saturated heterocycles. The topological polar surface area (TPSA) is 63.8 Å². The van der Waals surface area contributed by atoms with Gasteiger partial charge in [-0.1, -0.05) is 26.2 Å². The molecule has 1 aromatic rings. The molecule has 2 unspecified atom stereocenters. The number of hydrogen-bond donors (Lipinski definition) is 2. The van der Waals surface area contributed by atoms with Gasteiger partial charge in [0.1, 0.15) is 0 Å². The van der Waals surface area contributed by atoms with E-state index in [0.29, 0.717) is 12.0 Å². The normalized spacial score (nSPS) is 26.5. The Hall–Kier alpha value is -0.840. The highest BCUT2D eigenvalue weighted by atomic mass is 32.1. The number of nitrogens with two attached hydrogens (primary N) is 1. The first-order valence-electron chi connectivity index (χ1n) is 5.63. The van der Waals surface area contributed by atoms with Gasteiger partial charge in [0.15, 0.2) is 0 Å². The highest BCUT2D eigenvalue weighted by Gasteiger charge is 2.21. The van der Waals surface area contributed by atoms with Crippen LogP contribution in [0.3, 0.4) is 0 Å². The molecule has 0 radical (unpaired) electrons. The number of rotatable bonds is 3. The summed E-state index contributed by atoms with van der Waals surface area (Å²) in [6.45, 7) is 2.27. The van der Waals surface area contributed by atoms with E-state index in [9.17, 15) is 0 Å². The maximum absolute atomic E-state index is 5.49. The van der Waals surface area contributed by atoms with Crippen LogP contribution in [0.1, 0.15) is 39.0 Å². The first-order chi connectivity index (χ1) is 7.28. The van der Waals surface area contributed by atoms with E-state index in [1.807, 2.05) is 0 Å². The molecule has 1 heterocycles. The summed E-state index contributed by atoms with van der Waals surface area (Å²) in [6.07, 6.45) is 6.50. The summed E-state index contributed by atoms with van der Waals surface area (Å²) in [6, 6.07) is 0.566. The summed E-state index contributed by atoms with van der Waals surface area (Å²) in [5.41, 5.74) is 5.49. The lowest BCUT2D eigenvalue weighted by atomic mass is 9.84. The quantitative estimate of drug-likeness (QED) is 0.831. The third-order valence-corrected chi connectivity index (χ3v) is 3.79. The fourth-order valence-electron chi connectivity index (χ4n) is 2.26. The van der Waals surface area contributed by atoms with E-state index in [0.717, 1.165) is 11.0 Å². The maximum Gasteiger partial charge on any atom is 0.233 e. The fourth-order valence-corrected chi connectivity index (χ4v) is 2.84. The van der Waals surface area contributed by atoms with Crippen molar-refractivity contribution in [1.82, 2.24) is 9.36 Å². The molecule has 1 aliphatic carbocycles. The van der Waals surface area contributed by atoms with Gasteiger partial charge < -0.3 is 11.1 Å². The Kier molecular flexibility index (Phi) is 3.41. The summed E-state index contributed by atoms with van der Waals surface area (Å²) >= 11 is 1.35. The van der Waals surface area contributed by atoms with Gasteiger partial charge in [-0.2, -0.15) is 9.36 Å². The van der Waals surface area contributed by atoms with Crippen molar-refractivity contribution in [3.05, 3.63) is 0 Å². The van der Waals surface area contributed by atoms with E-state index >= 15 is 0 Å². The molecule has 0 bridgehead atoms. The lowest BCUT2D eigenvalue weighted by Crippen LogP contribution is -2.26. The molecule has 0 aliphatic heterocycles. The molecule has 1 saturated carbocycles. The Morgan fingerprint density at radius 3 is 3.07 bits per heavy atom. The molecule has 0 amide bonds. The zero-order valence-corrected chi connectivity index (χ0v) is 9.89. The summed E-state index contributed by atoms with van der Waals surface area (Å²) in [5.74, 6) is 1.26. The van der Waals surface area contributed by atoms with Crippen molar-refractivity contribution in [3.63, 3.8) is 0 Å². The second-order valence-electron chi connectivity index (χ2n) is 4.24. The Bertz CT molecular complexity index is 312. The van der Waals surface area contributed by atoms with Crippen LogP contribution in [0.25, 0.3) is 0 Å². The van der Waals surface area contributed by atoms with Gasteiger partial charge in [-0.05, 0) is 18.8 Å². The second kappa shape index (κ2) is 4.79. The highest BCUT2D eigenvalue weighted by molar-refractivity contribution is 7.09. The monoisotopic (exact) mass is 226 g/mol. The highest BCUT2D eigenvalue weighted by Crippen LogP contribution is 2.29. The number of anilines is 2. The van der Waals surface area contributed by atoms with E-state index in [4.69, 9.17) is 5.73 Å². The van der Waals surface area contributed by atoms with Crippen molar-refractivity contribution in [3.8, 4) is 0 Å². The zero-order chi connectivity index (χ0) is 10.7. The smallest absolute Gasteiger partial charge is 0.233 e. The van der Waals surface area contributed by atoms with Crippen LogP contribution >= 0.6 is 11.5 Å². The van der Waals surface area contributed by atoms with Crippen LogP contribution in [0.15, 0.2) is 0 Å². The summed E-state index contributed by atoms with van der Waals surface area (Å²) in [5, 5.41) is 4.30. The average Bonchev–Trinajstić information content (AvgIpc) is 2.64. The first-order valence-corrected chi connectivity index (χ1v) is 6.41. The molecule has 2 atom stereocenters. The third-order valence-electron chi connectivity index (χ3n) is 3.13. The van der Waals surface area contributed by atoms with Crippen LogP contribution in [-0.2, 0) is 0 Å². The van der Waals surface area contributed by atoms with Crippen LogP contribution in [0.5, 0.6) is 0 Å². The number of hydrogen-bond acceptors (Lipinski definition) is 5. The minimum absolute atomic E-state index is 0.380. The third kappa shape index (κ3) is 2.81. The van der Waals surface area contributed by atoms with Gasteiger partial charge in [-0.3, -0.25) is 0 Å². The van der Waals surface area contributed by atoms with Crippen LogP contribution in [0, 0.1) is 5.92 Å². The molecule has 1 aromatic heterocycles. The zero-order valence-electron chi connectivity index (χ0n) is 9.07. The second-order valence-corrected chi connectivity index (χ2v) is 4.99. The van der Waals surface area contributed by atoms with Crippen molar-refractivity contribution in [2.45, 2.75) is 45.1 Å². The minimum Gasteiger partial charge on any atom is -0.367 e. The summed E-state index contributed by atoms with van der Waals surface area (Å²) < 4.78 is 3.97. The van der Waals surface area contributed by atoms with Crippen LogP contribution in [0.4, 0.5) is 11.1 Å². The Morgan fingerprint density at radius 2 is 2.40 bits per heavy atom. The van der Waals surface area contributed by atoms with Crippen LogP contribution in [0.2, 0.25) is 0 Å². The van der Waals surface area contributed by atoms with E-state index in [1.54, 1.807) is 0 Å². The number of nitrogens with one attached hydrogen (secondary N) is 1. The first kappa shape index (κ1) is 10.7. The Balaban J connectivity index is 1.88. The van der Waals surface area contributed by atoms with Crippen molar-refractivity contribution in [2.75, 3.05) is 11.1 Å². The molecular weight excluding hydrogens is 208 g/mol. The Morgan fingerprint density at radius 1 is 1.53 bits per heavy atom. The summed E-state index contributed by atoms with van der Waals surface area (Å²) in [7, 11) is 0. The standard InChI is InChI=1S/C10H18N4S/c1-2-7-4-3-5-8(6-7)12-10-13-9(11)14-15-10/h7-8H,2-6H2,1H3,(H3,11,12,13,14). The molecule has 3 N–H and O–H groups in total. The van der Waals surface area contributed by atoms with E-state index in [2.05, 4.69) is 21.6 Å². The Labute approximate surface area is 94.5 Å². The van der Waals surface area contributed by atoms with Gasteiger partial charge in [-0.15, -0.1) is 0 Å². The molecule has 0 spiro atoms. The summed E-state index contributed by atoms with van der Waals surface area (Å²) in [4.78, 5) is 4.13. The molecule has 84 valence electrons. The van der Waals surface area contributed by atoms with Gasteiger partial charge >= 0.3 is 0 Å². The number of nitrogens with zero attached hydrogens (tertiary/aromatic N) is 2. The predicted octanol–water partition coefficient (Wildman–Crippen LogP) is 2.50.